The summed E-state index contributed by atoms with van der Waals surface area (Å²) in [5.74, 6) is 1.21. The molecule has 0 amide bonds. The smallest absolute Gasteiger partial charge is 0.333 e. The fourth-order valence-electron chi connectivity index (χ4n) is 4.15. The maximum atomic E-state index is 13.3. The Labute approximate surface area is 209 Å². The first-order chi connectivity index (χ1) is 16.8. The number of nitrogens with zero attached hydrogens (tertiary/aromatic N) is 2. The molecule has 0 saturated heterocycles. The highest BCUT2D eigenvalue weighted by atomic mass is 32.2. The average molecular weight is 517 g/mol. The summed E-state index contributed by atoms with van der Waals surface area (Å²) in [7, 11) is -3.95. The van der Waals surface area contributed by atoms with Crippen molar-refractivity contribution in [3.63, 3.8) is 0 Å². The first-order valence-electron chi connectivity index (χ1n) is 11.4. The Bertz CT molecular complexity index is 1280. The molecule has 35 heavy (non-hydrogen) atoms. The minimum absolute atomic E-state index is 0.0384. The van der Waals surface area contributed by atoms with E-state index in [0.29, 0.717) is 29.3 Å². The lowest BCUT2D eigenvalue weighted by Crippen LogP contribution is -2.22. The summed E-state index contributed by atoms with van der Waals surface area (Å²) < 4.78 is 32.8. The van der Waals surface area contributed by atoms with Gasteiger partial charge in [0.05, 0.1) is 17.0 Å². The van der Waals surface area contributed by atoms with Gasteiger partial charge in [-0.15, -0.1) is 11.3 Å². The minimum Gasteiger partial charge on any atom is -0.489 e. The SMILES string of the molecule is CCc1ccccc1OCc1csc(C(=O)c2cncnc2N[C@H]2CC[C@@H](COS(N)(=O)=O)C2)c1. The fourth-order valence-corrected chi connectivity index (χ4v) is 5.39. The predicted octanol–water partition coefficient (Wildman–Crippen LogP) is 3.71. The first-order valence-corrected chi connectivity index (χ1v) is 13.7. The van der Waals surface area contributed by atoms with Crippen LogP contribution in [0.2, 0.25) is 0 Å². The molecular weight excluding hydrogens is 488 g/mol. The number of nitrogens with two attached hydrogens (primary N) is 1. The molecule has 0 bridgehead atoms. The number of carbonyl (C=O) groups excluding carboxylic acids is 1. The van der Waals surface area contributed by atoms with Gasteiger partial charge >= 0.3 is 10.3 Å². The highest BCUT2D eigenvalue weighted by Crippen LogP contribution is 2.30. The van der Waals surface area contributed by atoms with E-state index < -0.39 is 10.3 Å². The molecule has 11 heteroatoms. The largest absolute Gasteiger partial charge is 0.489 e. The summed E-state index contributed by atoms with van der Waals surface area (Å²) in [5, 5.41) is 10.2. The third-order valence-corrected chi connectivity index (χ3v) is 7.37. The lowest BCUT2D eigenvalue weighted by Gasteiger charge is -2.15. The monoisotopic (exact) mass is 516 g/mol. The number of aromatic nitrogens is 2. The molecular formula is C24H28N4O5S2. The molecule has 186 valence electrons. The van der Waals surface area contributed by atoms with E-state index >= 15 is 0 Å². The summed E-state index contributed by atoms with van der Waals surface area (Å²) >= 11 is 1.36. The van der Waals surface area contributed by atoms with Gasteiger partial charge in [0.2, 0.25) is 5.78 Å². The molecule has 1 aromatic carbocycles. The van der Waals surface area contributed by atoms with Gasteiger partial charge in [-0.2, -0.15) is 8.42 Å². The molecule has 2 atom stereocenters. The predicted molar refractivity (Wildman–Crippen MR) is 134 cm³/mol. The number of hydrogen-bond acceptors (Lipinski definition) is 9. The number of ether oxygens (including phenoxy) is 1. The number of ketones is 1. The van der Waals surface area contributed by atoms with Crippen LogP contribution in [-0.4, -0.2) is 36.8 Å². The first kappa shape index (κ1) is 25.2. The van der Waals surface area contributed by atoms with Crippen LogP contribution in [0, 0.1) is 5.92 Å². The molecule has 1 aliphatic rings. The second-order valence-electron chi connectivity index (χ2n) is 8.48. The number of hydrogen-bond donors (Lipinski definition) is 2. The summed E-state index contributed by atoms with van der Waals surface area (Å²) in [4.78, 5) is 22.2. The van der Waals surface area contributed by atoms with Gasteiger partial charge in [0, 0.05) is 17.8 Å². The molecule has 2 aromatic heterocycles. The lowest BCUT2D eigenvalue weighted by molar-refractivity contribution is 0.104. The van der Waals surface area contributed by atoms with Crippen LogP contribution in [0.25, 0.3) is 0 Å². The van der Waals surface area contributed by atoms with Gasteiger partial charge in [0.1, 0.15) is 24.5 Å². The Hall–Kier alpha value is -2.86. The summed E-state index contributed by atoms with van der Waals surface area (Å²) in [6.07, 6.45) is 6.07. The Morgan fingerprint density at radius 2 is 2.11 bits per heavy atom. The molecule has 3 aromatic rings. The quantitative estimate of drug-likeness (QED) is 0.369. The summed E-state index contributed by atoms with van der Waals surface area (Å²) in [6.45, 7) is 2.51. The zero-order valence-corrected chi connectivity index (χ0v) is 21.0. The Kier molecular flexibility index (Phi) is 8.11. The van der Waals surface area contributed by atoms with E-state index in [1.807, 2.05) is 35.7 Å². The number of rotatable bonds is 11. The molecule has 0 aliphatic heterocycles. The Morgan fingerprint density at radius 3 is 2.91 bits per heavy atom. The number of aryl methyl sites for hydroxylation is 1. The van der Waals surface area contributed by atoms with Gasteiger partial charge in [-0.1, -0.05) is 25.1 Å². The van der Waals surface area contributed by atoms with Gasteiger partial charge in [0.15, 0.2) is 0 Å². The third-order valence-electron chi connectivity index (χ3n) is 5.93. The molecule has 2 heterocycles. The van der Waals surface area contributed by atoms with E-state index in [1.54, 1.807) is 0 Å². The number of nitrogens with one attached hydrogen (secondary N) is 1. The van der Waals surface area contributed by atoms with Crippen molar-refractivity contribution in [1.82, 2.24) is 9.97 Å². The average Bonchev–Trinajstić information content (AvgIpc) is 3.51. The van der Waals surface area contributed by atoms with Crippen molar-refractivity contribution in [2.75, 3.05) is 11.9 Å². The second kappa shape index (κ2) is 11.3. The maximum Gasteiger partial charge on any atom is 0.333 e. The van der Waals surface area contributed by atoms with Crippen LogP contribution < -0.4 is 15.2 Å². The van der Waals surface area contributed by atoms with Crippen LogP contribution in [0.3, 0.4) is 0 Å². The number of thiophene rings is 1. The fraction of sp³-hybridized carbons (Fsp3) is 0.375. The second-order valence-corrected chi connectivity index (χ2v) is 10.6. The Morgan fingerprint density at radius 1 is 1.29 bits per heavy atom. The summed E-state index contributed by atoms with van der Waals surface area (Å²) in [5.41, 5.74) is 2.45. The number of carbonyl (C=O) groups is 1. The van der Waals surface area contributed by atoms with Crippen LogP contribution in [-0.2, 0) is 27.5 Å². The van der Waals surface area contributed by atoms with Crippen molar-refractivity contribution in [3.05, 3.63) is 69.8 Å². The molecule has 4 rings (SSSR count). The zero-order chi connectivity index (χ0) is 24.8. The lowest BCUT2D eigenvalue weighted by atomic mass is 10.1. The third kappa shape index (κ3) is 6.85. The Balaban J connectivity index is 1.39. The van der Waals surface area contributed by atoms with E-state index in [2.05, 4.69) is 22.2 Å². The van der Waals surface area contributed by atoms with Crippen molar-refractivity contribution in [1.29, 1.82) is 0 Å². The van der Waals surface area contributed by atoms with Crippen molar-refractivity contribution < 1.29 is 22.1 Å². The van der Waals surface area contributed by atoms with Crippen molar-refractivity contribution >= 4 is 33.2 Å². The van der Waals surface area contributed by atoms with Gasteiger partial charge in [0.25, 0.3) is 0 Å². The number of para-hydroxylation sites is 1. The normalized spacial score (nSPS) is 17.9. The molecule has 9 nitrogen and oxygen atoms in total. The highest BCUT2D eigenvalue weighted by molar-refractivity contribution is 7.84. The molecule has 1 saturated carbocycles. The van der Waals surface area contributed by atoms with Gasteiger partial charge in [-0.25, -0.2) is 15.1 Å². The van der Waals surface area contributed by atoms with Crippen LogP contribution >= 0.6 is 11.3 Å². The van der Waals surface area contributed by atoms with Crippen molar-refractivity contribution in [3.8, 4) is 5.75 Å². The van der Waals surface area contributed by atoms with Crippen LogP contribution in [0.4, 0.5) is 5.82 Å². The molecule has 0 unspecified atom stereocenters. The van der Waals surface area contributed by atoms with Gasteiger partial charge in [-0.3, -0.25) is 8.98 Å². The molecule has 0 spiro atoms. The number of benzene rings is 1. The van der Waals surface area contributed by atoms with E-state index in [0.717, 1.165) is 36.1 Å². The topological polar surface area (TPSA) is 134 Å². The highest BCUT2D eigenvalue weighted by Gasteiger charge is 2.28. The molecule has 3 N–H and O–H groups in total. The van der Waals surface area contributed by atoms with E-state index in [9.17, 15) is 13.2 Å². The molecule has 1 aliphatic carbocycles. The zero-order valence-electron chi connectivity index (χ0n) is 19.3. The maximum absolute atomic E-state index is 13.3. The van der Waals surface area contributed by atoms with Gasteiger partial charge in [-0.05, 0) is 54.7 Å². The van der Waals surface area contributed by atoms with Crippen LogP contribution in [0.5, 0.6) is 5.75 Å². The van der Waals surface area contributed by atoms with E-state index in [1.165, 1.54) is 23.9 Å². The van der Waals surface area contributed by atoms with E-state index in [4.69, 9.17) is 14.1 Å². The van der Waals surface area contributed by atoms with Gasteiger partial charge < -0.3 is 10.1 Å². The van der Waals surface area contributed by atoms with Crippen LogP contribution in [0.1, 0.15) is 52.5 Å². The minimum atomic E-state index is -3.95. The standard InChI is InChI=1S/C24H28N4O5S2/c1-2-18-5-3-4-6-21(18)32-12-17-10-22(34-14-17)23(29)20-11-26-15-27-24(20)28-19-8-7-16(9-19)13-33-35(25,30)31/h3-6,10-11,14-16,19H,2,7-9,12-13H2,1H3,(H2,25,30,31)(H,26,27,28)/t16-,19+/m1/s1. The van der Waals surface area contributed by atoms with E-state index in [-0.39, 0.29) is 24.3 Å². The number of anilines is 1. The molecule has 1 fully saturated rings. The van der Waals surface area contributed by atoms with Crippen molar-refractivity contribution in [2.24, 2.45) is 11.1 Å². The summed E-state index contributed by atoms with van der Waals surface area (Å²) in [6, 6.07) is 9.81. The van der Waals surface area contributed by atoms with Crippen molar-refractivity contribution in [2.45, 2.75) is 45.3 Å². The molecule has 0 radical (unpaired) electrons. The van der Waals surface area contributed by atoms with Crippen LogP contribution in [0.15, 0.2) is 48.2 Å².